The Morgan fingerprint density at radius 2 is 2.32 bits per heavy atom. The van der Waals surface area contributed by atoms with Crippen LogP contribution in [0.25, 0.3) is 0 Å². The number of fused-ring (bicyclic) bond motifs is 1. The van der Waals surface area contributed by atoms with Crippen LogP contribution in [-0.2, 0) is 4.79 Å². The summed E-state index contributed by atoms with van der Waals surface area (Å²) in [6, 6.07) is 5.14. The van der Waals surface area contributed by atoms with E-state index in [9.17, 15) is 9.90 Å². The molecule has 2 rings (SSSR count). The van der Waals surface area contributed by atoms with Gasteiger partial charge in [-0.3, -0.25) is 9.69 Å². The number of nitrogens with zero attached hydrogens (tertiary/aromatic N) is 1. The van der Waals surface area contributed by atoms with Gasteiger partial charge in [-0.25, -0.2) is 0 Å². The molecule has 0 fully saturated rings. The van der Waals surface area contributed by atoms with Crippen LogP contribution in [0.2, 0.25) is 0 Å². The number of benzene rings is 1. The monoisotopic (exact) mass is 265 g/mol. The second kappa shape index (κ2) is 5.48. The van der Waals surface area contributed by atoms with Gasteiger partial charge in [0, 0.05) is 18.2 Å². The van der Waals surface area contributed by atoms with Crippen LogP contribution >= 0.6 is 0 Å². The summed E-state index contributed by atoms with van der Waals surface area (Å²) >= 11 is 0. The zero-order valence-corrected chi connectivity index (χ0v) is 11.2. The van der Waals surface area contributed by atoms with Crippen molar-refractivity contribution in [3.8, 4) is 11.5 Å². The average Bonchev–Trinajstić information content (AvgIpc) is 2.78. The molecule has 5 heteroatoms. The van der Waals surface area contributed by atoms with Crippen LogP contribution < -0.4 is 4.74 Å². The van der Waals surface area contributed by atoms with Gasteiger partial charge < -0.3 is 14.9 Å². The maximum Gasteiger partial charge on any atom is 0.307 e. The fourth-order valence-electron chi connectivity index (χ4n) is 2.39. The number of aliphatic carboxylic acids is 1. The van der Waals surface area contributed by atoms with Crippen molar-refractivity contribution >= 4 is 5.97 Å². The van der Waals surface area contributed by atoms with Gasteiger partial charge in [0.1, 0.15) is 18.1 Å². The third kappa shape index (κ3) is 2.81. The van der Waals surface area contributed by atoms with Crippen LogP contribution in [0.5, 0.6) is 11.5 Å². The minimum atomic E-state index is -0.789. The zero-order chi connectivity index (χ0) is 14.0. The maximum absolute atomic E-state index is 11.0. The van der Waals surface area contributed by atoms with Crippen molar-refractivity contribution in [1.82, 2.24) is 4.90 Å². The summed E-state index contributed by atoms with van der Waals surface area (Å²) in [7, 11) is 0. The predicted octanol–water partition coefficient (Wildman–Crippen LogP) is 1.87. The third-order valence-corrected chi connectivity index (χ3v) is 3.53. The lowest BCUT2D eigenvalue weighted by atomic mass is 10.0. The molecule has 19 heavy (non-hydrogen) atoms. The number of hydrogen-bond donors (Lipinski definition) is 2. The fourth-order valence-corrected chi connectivity index (χ4v) is 2.39. The van der Waals surface area contributed by atoms with E-state index < -0.39 is 11.9 Å². The lowest BCUT2D eigenvalue weighted by Crippen LogP contribution is -2.35. The smallest absolute Gasteiger partial charge is 0.307 e. The van der Waals surface area contributed by atoms with Crippen LogP contribution in [0.1, 0.15) is 25.5 Å². The van der Waals surface area contributed by atoms with E-state index in [0.717, 1.165) is 12.1 Å². The minimum absolute atomic E-state index is 0.0578. The van der Waals surface area contributed by atoms with E-state index in [0.29, 0.717) is 18.9 Å². The van der Waals surface area contributed by atoms with Crippen LogP contribution in [0.15, 0.2) is 18.2 Å². The van der Waals surface area contributed by atoms with Crippen molar-refractivity contribution in [1.29, 1.82) is 0 Å². The molecule has 0 aliphatic carbocycles. The van der Waals surface area contributed by atoms with E-state index in [2.05, 4.69) is 4.90 Å². The maximum atomic E-state index is 11.0. The van der Waals surface area contributed by atoms with E-state index in [1.165, 1.54) is 0 Å². The molecule has 0 spiro atoms. The van der Waals surface area contributed by atoms with E-state index in [4.69, 9.17) is 9.84 Å². The largest absolute Gasteiger partial charge is 0.508 e. The molecule has 5 nitrogen and oxygen atoms in total. The highest BCUT2D eigenvalue weighted by Gasteiger charge is 2.30. The summed E-state index contributed by atoms with van der Waals surface area (Å²) in [5, 5.41) is 18.4. The van der Waals surface area contributed by atoms with Crippen LogP contribution in [0.3, 0.4) is 0 Å². The fraction of sp³-hybridized carbons (Fsp3) is 0.500. The Labute approximate surface area is 112 Å². The number of carbonyl (C=O) groups is 1. The molecule has 1 heterocycles. The molecule has 0 saturated carbocycles. The number of hydrogen-bond acceptors (Lipinski definition) is 4. The average molecular weight is 265 g/mol. The second-order valence-corrected chi connectivity index (χ2v) is 4.88. The normalized spacial score (nSPS) is 19.0. The summed E-state index contributed by atoms with van der Waals surface area (Å²) in [6.45, 7) is 5.45. The van der Waals surface area contributed by atoms with Crippen molar-refractivity contribution < 1.29 is 19.7 Å². The molecular weight excluding hydrogens is 246 g/mol. The molecule has 1 aliphatic heterocycles. The Balaban J connectivity index is 2.16. The van der Waals surface area contributed by atoms with E-state index in [1.54, 1.807) is 19.1 Å². The molecule has 2 atom stereocenters. The molecule has 2 unspecified atom stereocenters. The molecule has 0 radical (unpaired) electrons. The molecule has 1 aromatic rings. The van der Waals surface area contributed by atoms with Crippen molar-refractivity contribution in [2.75, 3.05) is 19.7 Å². The predicted molar refractivity (Wildman–Crippen MR) is 70.4 cm³/mol. The number of ether oxygens (including phenoxy) is 1. The standard InChI is InChI=1S/C14H19NO4/c1-3-15(7-9(2)14(17)18)12-8-19-13-6-10(16)4-5-11(12)13/h4-6,9,12,16H,3,7-8H2,1-2H3,(H,17,18). The second-order valence-electron chi connectivity index (χ2n) is 4.88. The van der Waals surface area contributed by atoms with Crippen molar-refractivity contribution in [2.24, 2.45) is 5.92 Å². The first-order chi connectivity index (χ1) is 9.02. The van der Waals surface area contributed by atoms with Crippen LogP contribution in [0, 0.1) is 5.92 Å². The van der Waals surface area contributed by atoms with Gasteiger partial charge in [0.15, 0.2) is 0 Å². The first-order valence-corrected chi connectivity index (χ1v) is 6.45. The third-order valence-electron chi connectivity index (χ3n) is 3.53. The Morgan fingerprint density at radius 1 is 1.58 bits per heavy atom. The number of likely N-dealkylation sites (N-methyl/N-ethyl adjacent to an activating group) is 1. The van der Waals surface area contributed by atoms with Crippen molar-refractivity contribution in [2.45, 2.75) is 19.9 Å². The first-order valence-electron chi connectivity index (χ1n) is 6.45. The highest BCUT2D eigenvalue weighted by molar-refractivity contribution is 5.69. The number of carboxylic acid groups (broad SMARTS) is 1. The Morgan fingerprint density at radius 3 is 2.95 bits per heavy atom. The molecule has 1 aromatic carbocycles. The van der Waals surface area contributed by atoms with Gasteiger partial charge in [-0.05, 0) is 18.7 Å². The van der Waals surface area contributed by atoms with Gasteiger partial charge >= 0.3 is 5.97 Å². The lowest BCUT2D eigenvalue weighted by Gasteiger charge is -2.28. The minimum Gasteiger partial charge on any atom is -0.508 e. The zero-order valence-electron chi connectivity index (χ0n) is 11.2. The summed E-state index contributed by atoms with van der Waals surface area (Å²) < 4.78 is 5.57. The molecule has 1 aliphatic rings. The van der Waals surface area contributed by atoms with E-state index in [-0.39, 0.29) is 11.8 Å². The highest BCUT2D eigenvalue weighted by Crippen LogP contribution is 2.38. The van der Waals surface area contributed by atoms with Gasteiger partial charge in [-0.15, -0.1) is 0 Å². The lowest BCUT2D eigenvalue weighted by molar-refractivity contribution is -0.142. The van der Waals surface area contributed by atoms with Crippen LogP contribution in [0.4, 0.5) is 0 Å². The van der Waals surface area contributed by atoms with Gasteiger partial charge in [0.2, 0.25) is 0 Å². The van der Waals surface area contributed by atoms with Crippen LogP contribution in [-0.4, -0.2) is 40.8 Å². The van der Waals surface area contributed by atoms with E-state index in [1.807, 2.05) is 13.0 Å². The Bertz CT molecular complexity index is 475. The SMILES string of the molecule is CCN(CC(C)C(=O)O)C1COc2cc(O)ccc21. The Kier molecular flexibility index (Phi) is 3.95. The summed E-state index contributed by atoms with van der Waals surface area (Å²) in [6.07, 6.45) is 0. The van der Waals surface area contributed by atoms with Crippen molar-refractivity contribution in [3.63, 3.8) is 0 Å². The summed E-state index contributed by atoms with van der Waals surface area (Å²) in [5.74, 6) is -0.336. The number of phenolic OH excluding ortho intramolecular Hbond substituents is 1. The molecule has 0 amide bonds. The molecular formula is C14H19NO4. The quantitative estimate of drug-likeness (QED) is 0.850. The highest BCUT2D eigenvalue weighted by atomic mass is 16.5. The number of carboxylic acids is 1. The number of rotatable bonds is 5. The molecule has 2 N–H and O–H groups in total. The van der Waals surface area contributed by atoms with Gasteiger partial charge in [-0.2, -0.15) is 0 Å². The topological polar surface area (TPSA) is 70.0 Å². The number of phenols is 1. The van der Waals surface area contributed by atoms with Gasteiger partial charge in [-0.1, -0.05) is 13.8 Å². The summed E-state index contributed by atoms with van der Waals surface area (Å²) in [5.41, 5.74) is 1.01. The first kappa shape index (κ1) is 13.7. The Hall–Kier alpha value is -1.75. The van der Waals surface area contributed by atoms with Gasteiger partial charge in [0.05, 0.1) is 12.0 Å². The van der Waals surface area contributed by atoms with Gasteiger partial charge in [0.25, 0.3) is 0 Å². The molecule has 104 valence electrons. The van der Waals surface area contributed by atoms with E-state index >= 15 is 0 Å². The molecule has 0 bridgehead atoms. The number of aromatic hydroxyl groups is 1. The molecule has 0 saturated heterocycles. The summed E-state index contributed by atoms with van der Waals surface area (Å²) in [4.78, 5) is 13.1. The molecule has 0 aromatic heterocycles. The van der Waals surface area contributed by atoms with Crippen molar-refractivity contribution in [3.05, 3.63) is 23.8 Å².